The molecule has 2 amide bonds. The molecule has 0 aromatic carbocycles. The van der Waals surface area contributed by atoms with Crippen molar-refractivity contribution in [3.63, 3.8) is 0 Å². The number of nitrogens with zero attached hydrogens (tertiary/aromatic N) is 1. The molecule has 1 saturated heterocycles. The number of hydrogen-bond acceptors (Lipinski definition) is 4. The Morgan fingerprint density at radius 1 is 1.53 bits per heavy atom. The van der Waals surface area contributed by atoms with E-state index < -0.39 is 0 Å². The smallest absolute Gasteiger partial charge is 0.252 e. The summed E-state index contributed by atoms with van der Waals surface area (Å²) < 4.78 is 0. The summed E-state index contributed by atoms with van der Waals surface area (Å²) in [7, 11) is 0. The molecule has 0 bridgehead atoms. The molecular formula is C13H19N3O2S. The van der Waals surface area contributed by atoms with Gasteiger partial charge in [0.1, 0.15) is 0 Å². The van der Waals surface area contributed by atoms with E-state index in [-0.39, 0.29) is 17.9 Å². The van der Waals surface area contributed by atoms with Gasteiger partial charge in [0, 0.05) is 43.0 Å². The molecular weight excluding hydrogens is 262 g/mol. The summed E-state index contributed by atoms with van der Waals surface area (Å²) in [5.74, 6) is -0.0376. The zero-order valence-electron chi connectivity index (χ0n) is 10.8. The van der Waals surface area contributed by atoms with Crippen molar-refractivity contribution in [2.45, 2.75) is 25.3 Å². The molecule has 2 heterocycles. The van der Waals surface area contributed by atoms with Crippen LogP contribution in [0.25, 0.3) is 0 Å². The highest BCUT2D eigenvalue weighted by molar-refractivity contribution is 7.08. The predicted octanol–water partition coefficient (Wildman–Crippen LogP) is 0.818. The lowest BCUT2D eigenvalue weighted by molar-refractivity contribution is -0.131. The van der Waals surface area contributed by atoms with E-state index in [0.717, 1.165) is 19.4 Å². The molecule has 1 aromatic rings. The summed E-state index contributed by atoms with van der Waals surface area (Å²) >= 11 is 1.48. The Kier molecular flexibility index (Phi) is 4.93. The van der Waals surface area contributed by atoms with E-state index in [2.05, 4.69) is 5.32 Å². The number of rotatable bonds is 5. The van der Waals surface area contributed by atoms with Crippen molar-refractivity contribution in [2.24, 2.45) is 5.73 Å². The van der Waals surface area contributed by atoms with Crippen LogP contribution in [0.3, 0.4) is 0 Å². The molecule has 0 aliphatic carbocycles. The predicted molar refractivity (Wildman–Crippen MR) is 75.1 cm³/mol. The number of carbonyl (C=O) groups excluding carboxylic acids is 2. The van der Waals surface area contributed by atoms with E-state index in [1.807, 2.05) is 10.3 Å². The van der Waals surface area contributed by atoms with Gasteiger partial charge >= 0.3 is 0 Å². The van der Waals surface area contributed by atoms with Crippen molar-refractivity contribution < 1.29 is 9.59 Å². The molecule has 1 fully saturated rings. The molecule has 2 rings (SSSR count). The molecule has 6 heteroatoms. The van der Waals surface area contributed by atoms with Crippen LogP contribution in [0.1, 0.15) is 29.6 Å². The minimum absolute atomic E-state index is 0.0820. The zero-order chi connectivity index (χ0) is 13.7. The summed E-state index contributed by atoms with van der Waals surface area (Å²) in [4.78, 5) is 25.5. The third kappa shape index (κ3) is 3.54. The van der Waals surface area contributed by atoms with Crippen LogP contribution in [-0.4, -0.2) is 42.4 Å². The summed E-state index contributed by atoms with van der Waals surface area (Å²) in [5.41, 5.74) is 6.29. The van der Waals surface area contributed by atoms with Crippen molar-refractivity contribution in [3.8, 4) is 0 Å². The monoisotopic (exact) mass is 281 g/mol. The average molecular weight is 281 g/mol. The van der Waals surface area contributed by atoms with Gasteiger partial charge in [-0.15, -0.1) is 0 Å². The quantitative estimate of drug-likeness (QED) is 0.839. The third-order valence-electron chi connectivity index (χ3n) is 3.38. The Bertz CT molecular complexity index is 433. The van der Waals surface area contributed by atoms with Crippen molar-refractivity contribution in [3.05, 3.63) is 22.4 Å². The lowest BCUT2D eigenvalue weighted by atomic mass is 10.2. The van der Waals surface area contributed by atoms with Crippen molar-refractivity contribution in [1.29, 1.82) is 0 Å². The lowest BCUT2D eigenvalue weighted by Gasteiger charge is -2.23. The minimum Gasteiger partial charge on any atom is -0.351 e. The highest BCUT2D eigenvalue weighted by atomic mass is 32.1. The SMILES string of the molecule is NCC1CCCN1C(=O)CCNC(=O)c1ccsc1. The van der Waals surface area contributed by atoms with Crippen LogP contribution in [0.5, 0.6) is 0 Å². The lowest BCUT2D eigenvalue weighted by Crippen LogP contribution is -2.41. The fourth-order valence-corrected chi connectivity index (χ4v) is 2.97. The normalized spacial score (nSPS) is 18.6. The van der Waals surface area contributed by atoms with E-state index in [0.29, 0.717) is 25.1 Å². The largest absolute Gasteiger partial charge is 0.351 e. The van der Waals surface area contributed by atoms with Crippen molar-refractivity contribution in [1.82, 2.24) is 10.2 Å². The van der Waals surface area contributed by atoms with Gasteiger partial charge in [0.05, 0.1) is 0 Å². The fraction of sp³-hybridized carbons (Fsp3) is 0.538. The summed E-state index contributed by atoms with van der Waals surface area (Å²) in [5, 5.41) is 6.41. The van der Waals surface area contributed by atoms with Crippen LogP contribution in [0, 0.1) is 0 Å². The topological polar surface area (TPSA) is 75.4 Å². The molecule has 5 nitrogen and oxygen atoms in total. The summed E-state index contributed by atoms with van der Waals surface area (Å²) in [6, 6.07) is 1.95. The standard InChI is InChI=1S/C13H19N3O2S/c14-8-11-2-1-6-16(11)12(17)3-5-15-13(18)10-4-7-19-9-10/h4,7,9,11H,1-3,5-6,8,14H2,(H,15,18). The van der Waals surface area contributed by atoms with Crippen LogP contribution in [0.15, 0.2) is 16.8 Å². The van der Waals surface area contributed by atoms with Gasteiger partial charge in [-0.3, -0.25) is 9.59 Å². The summed E-state index contributed by atoms with van der Waals surface area (Å²) in [6.07, 6.45) is 2.35. The second-order valence-electron chi connectivity index (χ2n) is 4.64. The molecule has 3 N–H and O–H groups in total. The van der Waals surface area contributed by atoms with Crippen LogP contribution >= 0.6 is 11.3 Å². The Balaban J connectivity index is 1.73. The van der Waals surface area contributed by atoms with E-state index in [1.54, 1.807) is 11.4 Å². The van der Waals surface area contributed by atoms with E-state index in [9.17, 15) is 9.59 Å². The molecule has 0 radical (unpaired) electrons. The number of hydrogen-bond donors (Lipinski definition) is 2. The van der Waals surface area contributed by atoms with Crippen LogP contribution in [0.4, 0.5) is 0 Å². The molecule has 1 atom stereocenters. The second-order valence-corrected chi connectivity index (χ2v) is 5.42. The number of nitrogens with one attached hydrogen (secondary N) is 1. The molecule has 104 valence electrons. The maximum absolute atomic E-state index is 12.0. The second kappa shape index (κ2) is 6.68. The number of likely N-dealkylation sites (tertiary alicyclic amines) is 1. The number of nitrogens with two attached hydrogens (primary N) is 1. The van der Waals surface area contributed by atoms with Gasteiger partial charge in [-0.2, -0.15) is 11.3 Å². The number of thiophene rings is 1. The first kappa shape index (κ1) is 14.0. The van der Waals surface area contributed by atoms with Gasteiger partial charge in [-0.25, -0.2) is 0 Å². The van der Waals surface area contributed by atoms with Gasteiger partial charge in [-0.1, -0.05) is 0 Å². The summed E-state index contributed by atoms with van der Waals surface area (Å²) in [6.45, 7) is 1.69. The third-order valence-corrected chi connectivity index (χ3v) is 4.06. The van der Waals surface area contributed by atoms with Gasteiger partial charge < -0.3 is 16.0 Å². The van der Waals surface area contributed by atoms with Crippen LogP contribution in [0.2, 0.25) is 0 Å². The first-order chi connectivity index (χ1) is 9.22. The molecule has 0 spiro atoms. The van der Waals surface area contributed by atoms with E-state index in [1.165, 1.54) is 11.3 Å². The van der Waals surface area contributed by atoms with Gasteiger partial charge in [0.15, 0.2) is 0 Å². The Morgan fingerprint density at radius 3 is 3.05 bits per heavy atom. The van der Waals surface area contributed by atoms with Crippen LogP contribution < -0.4 is 11.1 Å². The molecule has 1 aromatic heterocycles. The first-order valence-electron chi connectivity index (χ1n) is 6.52. The maximum atomic E-state index is 12.0. The Hall–Kier alpha value is -1.40. The maximum Gasteiger partial charge on any atom is 0.252 e. The first-order valence-corrected chi connectivity index (χ1v) is 7.46. The average Bonchev–Trinajstić information content (AvgIpc) is 3.09. The van der Waals surface area contributed by atoms with Gasteiger partial charge in [-0.05, 0) is 24.3 Å². The van der Waals surface area contributed by atoms with Crippen LogP contribution in [-0.2, 0) is 4.79 Å². The van der Waals surface area contributed by atoms with Crippen molar-refractivity contribution >= 4 is 23.2 Å². The zero-order valence-corrected chi connectivity index (χ0v) is 11.6. The molecule has 1 aliphatic rings. The highest BCUT2D eigenvalue weighted by Crippen LogP contribution is 2.16. The van der Waals surface area contributed by atoms with E-state index >= 15 is 0 Å². The number of carbonyl (C=O) groups is 2. The molecule has 1 unspecified atom stereocenters. The van der Waals surface area contributed by atoms with Gasteiger partial charge in [0.2, 0.25) is 5.91 Å². The highest BCUT2D eigenvalue weighted by Gasteiger charge is 2.26. The number of amides is 2. The van der Waals surface area contributed by atoms with Gasteiger partial charge in [0.25, 0.3) is 5.91 Å². The Morgan fingerprint density at radius 2 is 2.37 bits per heavy atom. The van der Waals surface area contributed by atoms with Crippen molar-refractivity contribution in [2.75, 3.05) is 19.6 Å². The fourth-order valence-electron chi connectivity index (χ4n) is 2.33. The van der Waals surface area contributed by atoms with E-state index in [4.69, 9.17) is 5.73 Å². The molecule has 1 aliphatic heterocycles. The minimum atomic E-state index is -0.120. The molecule has 0 saturated carbocycles. The molecule has 19 heavy (non-hydrogen) atoms. The Labute approximate surface area is 116 Å².